The number of rotatable bonds is 8. The lowest BCUT2D eigenvalue weighted by atomic mass is 9.94. The van der Waals surface area contributed by atoms with Crippen molar-refractivity contribution in [2.24, 2.45) is 0 Å². The summed E-state index contributed by atoms with van der Waals surface area (Å²) in [6.45, 7) is 0. The van der Waals surface area contributed by atoms with E-state index in [1.165, 1.54) is 21.9 Å². The van der Waals surface area contributed by atoms with E-state index in [0.717, 1.165) is 105 Å². The summed E-state index contributed by atoms with van der Waals surface area (Å²) in [5.74, 6) is 1.68. The van der Waals surface area contributed by atoms with Crippen LogP contribution in [-0.2, 0) is 0 Å². The van der Waals surface area contributed by atoms with E-state index in [2.05, 4.69) is 240 Å². The molecule has 6 heteroatoms. The summed E-state index contributed by atoms with van der Waals surface area (Å²) >= 11 is 0. The third-order valence-corrected chi connectivity index (χ3v) is 14.8. The number of benzene rings is 11. The SMILES string of the molecule is c1ccc(-c2cccc(-c3cccc(-c4cc(-c5nc(-c6ccccc6)nc(-n6c7ccccc7c7cccc(-c8ccc9oc%10ccccc%10c9c8)c76)n5)ccc4-n4c5ccccc5c5ccccc54)c3)c2)cc1. The van der Waals surface area contributed by atoms with E-state index in [4.69, 9.17) is 19.4 Å². The van der Waals surface area contributed by atoms with Crippen LogP contribution in [-0.4, -0.2) is 24.1 Å². The molecule has 4 aromatic heterocycles. The highest BCUT2D eigenvalue weighted by Crippen LogP contribution is 2.42. The summed E-state index contributed by atoms with van der Waals surface area (Å²) < 4.78 is 10.9. The summed E-state index contributed by atoms with van der Waals surface area (Å²) in [5, 5.41) is 6.78. The monoisotopic (exact) mass is 957 g/mol. The van der Waals surface area contributed by atoms with Crippen LogP contribution in [0.4, 0.5) is 0 Å². The van der Waals surface area contributed by atoms with Crippen molar-refractivity contribution in [1.82, 2.24) is 24.1 Å². The lowest BCUT2D eigenvalue weighted by Crippen LogP contribution is -2.07. The Balaban J connectivity index is 0.968. The first-order valence-electron chi connectivity index (χ1n) is 25.3. The Bertz CT molecular complexity index is 4670. The van der Waals surface area contributed by atoms with Crippen LogP contribution in [0.5, 0.6) is 0 Å². The molecule has 75 heavy (non-hydrogen) atoms. The molecule has 0 amide bonds. The molecule has 0 bridgehead atoms. The number of hydrogen-bond acceptors (Lipinski definition) is 4. The predicted octanol–water partition coefficient (Wildman–Crippen LogP) is 18.0. The van der Waals surface area contributed by atoms with Gasteiger partial charge in [-0.1, -0.05) is 194 Å². The molecule has 0 aliphatic carbocycles. The molecule has 0 saturated heterocycles. The highest BCUT2D eigenvalue weighted by atomic mass is 16.3. The average Bonchev–Trinajstić information content (AvgIpc) is 4.15. The molecule has 15 aromatic rings. The van der Waals surface area contributed by atoms with Crippen molar-refractivity contribution in [3.8, 4) is 78.9 Å². The van der Waals surface area contributed by atoms with Gasteiger partial charge in [0.15, 0.2) is 11.6 Å². The summed E-state index contributed by atoms with van der Waals surface area (Å²) in [5.41, 5.74) is 17.7. The minimum atomic E-state index is 0.528. The fourth-order valence-electron chi connectivity index (χ4n) is 11.3. The van der Waals surface area contributed by atoms with Crippen LogP contribution in [0, 0.1) is 0 Å². The van der Waals surface area contributed by atoms with Gasteiger partial charge in [0, 0.05) is 54.6 Å². The molecule has 0 N–H and O–H groups in total. The van der Waals surface area contributed by atoms with E-state index in [1.807, 2.05) is 30.3 Å². The number of nitrogens with zero attached hydrogens (tertiary/aromatic N) is 5. The second-order valence-electron chi connectivity index (χ2n) is 19.1. The zero-order valence-electron chi connectivity index (χ0n) is 40.5. The number of para-hydroxylation sites is 5. The van der Waals surface area contributed by atoms with Crippen molar-refractivity contribution >= 4 is 65.6 Å². The predicted molar refractivity (Wildman–Crippen MR) is 308 cm³/mol. The normalized spacial score (nSPS) is 11.7. The van der Waals surface area contributed by atoms with Gasteiger partial charge in [-0.05, 0) is 100 Å². The number of furan rings is 1. The Labute approximate surface area is 431 Å². The zero-order valence-corrected chi connectivity index (χ0v) is 40.5. The average molecular weight is 958 g/mol. The van der Waals surface area contributed by atoms with Crippen LogP contribution < -0.4 is 0 Å². The maximum absolute atomic E-state index is 6.30. The summed E-state index contributed by atoms with van der Waals surface area (Å²) in [7, 11) is 0. The largest absolute Gasteiger partial charge is 0.456 e. The molecule has 0 aliphatic rings. The highest BCUT2D eigenvalue weighted by molar-refractivity contribution is 6.15. The van der Waals surface area contributed by atoms with E-state index >= 15 is 0 Å². The van der Waals surface area contributed by atoms with E-state index in [1.54, 1.807) is 0 Å². The molecule has 15 rings (SSSR count). The molecule has 11 aromatic carbocycles. The molecular formula is C69H43N5O. The van der Waals surface area contributed by atoms with Gasteiger partial charge >= 0.3 is 0 Å². The van der Waals surface area contributed by atoms with Crippen LogP contribution in [0.1, 0.15) is 0 Å². The maximum atomic E-state index is 6.30. The summed E-state index contributed by atoms with van der Waals surface area (Å²) in [6, 6.07) is 92.4. The molecule has 0 fully saturated rings. The fourth-order valence-corrected chi connectivity index (χ4v) is 11.3. The van der Waals surface area contributed by atoms with Gasteiger partial charge in [-0.2, -0.15) is 9.97 Å². The third kappa shape index (κ3) is 7.07. The van der Waals surface area contributed by atoms with Gasteiger partial charge < -0.3 is 8.98 Å². The summed E-state index contributed by atoms with van der Waals surface area (Å²) in [6.07, 6.45) is 0. The summed E-state index contributed by atoms with van der Waals surface area (Å²) in [4.78, 5) is 16.3. The second-order valence-corrected chi connectivity index (χ2v) is 19.1. The minimum absolute atomic E-state index is 0.528. The van der Waals surface area contributed by atoms with Crippen LogP contribution >= 0.6 is 0 Å². The lowest BCUT2D eigenvalue weighted by molar-refractivity contribution is 0.669. The molecule has 350 valence electrons. The van der Waals surface area contributed by atoms with Gasteiger partial charge in [0.1, 0.15) is 11.2 Å². The zero-order chi connectivity index (χ0) is 49.4. The van der Waals surface area contributed by atoms with E-state index in [-0.39, 0.29) is 0 Å². The van der Waals surface area contributed by atoms with Crippen molar-refractivity contribution in [2.45, 2.75) is 0 Å². The van der Waals surface area contributed by atoms with Gasteiger partial charge in [-0.3, -0.25) is 4.57 Å². The molecular weight excluding hydrogens is 915 g/mol. The van der Waals surface area contributed by atoms with E-state index in [9.17, 15) is 0 Å². The Morgan fingerprint density at radius 2 is 0.747 bits per heavy atom. The first kappa shape index (κ1) is 42.5. The maximum Gasteiger partial charge on any atom is 0.238 e. The van der Waals surface area contributed by atoms with E-state index < -0.39 is 0 Å². The quantitative estimate of drug-likeness (QED) is 0.152. The molecule has 0 saturated carbocycles. The van der Waals surface area contributed by atoms with Crippen molar-refractivity contribution in [2.75, 3.05) is 0 Å². The van der Waals surface area contributed by atoms with Crippen LogP contribution in [0.3, 0.4) is 0 Å². The smallest absolute Gasteiger partial charge is 0.238 e. The fraction of sp³-hybridized carbons (Fsp3) is 0. The van der Waals surface area contributed by atoms with Crippen molar-refractivity contribution in [1.29, 1.82) is 0 Å². The Hall–Kier alpha value is -10.2. The molecule has 6 nitrogen and oxygen atoms in total. The molecule has 0 spiro atoms. The Morgan fingerprint density at radius 3 is 1.45 bits per heavy atom. The number of fused-ring (bicyclic) bond motifs is 9. The topological polar surface area (TPSA) is 61.7 Å². The van der Waals surface area contributed by atoms with E-state index in [0.29, 0.717) is 17.6 Å². The van der Waals surface area contributed by atoms with Crippen molar-refractivity contribution in [3.05, 3.63) is 261 Å². The lowest BCUT2D eigenvalue weighted by Gasteiger charge is -2.17. The van der Waals surface area contributed by atoms with Crippen molar-refractivity contribution in [3.63, 3.8) is 0 Å². The molecule has 0 atom stereocenters. The number of aromatic nitrogens is 5. The third-order valence-electron chi connectivity index (χ3n) is 14.8. The van der Waals surface area contributed by atoms with Gasteiger partial charge in [0.05, 0.1) is 27.8 Å². The van der Waals surface area contributed by atoms with Crippen LogP contribution in [0.2, 0.25) is 0 Å². The Morgan fingerprint density at radius 1 is 0.267 bits per heavy atom. The molecule has 0 aliphatic heterocycles. The Kier molecular flexibility index (Phi) is 9.78. The second kappa shape index (κ2) is 17.3. The van der Waals surface area contributed by atoms with Crippen molar-refractivity contribution < 1.29 is 4.42 Å². The van der Waals surface area contributed by atoms with Gasteiger partial charge in [0.2, 0.25) is 5.95 Å². The molecule has 4 heterocycles. The standard InChI is InChI=1S/C69H43N5O/c1-3-18-44(19-4-1)46-22-15-23-47(40-46)48-24-16-25-49(41-48)58-43-51(36-38-63(58)73-60-32-11-7-26-53(60)54-27-8-12-33-61(54)73)68-70-67(45-20-5-2-6-21-45)71-69(72-68)74-62-34-13-9-28-55(62)57-31-17-30-52(66(57)74)50-37-39-65-59(42-50)56-29-10-14-35-64(56)75-65/h1-43H. The molecule has 0 unspecified atom stereocenters. The number of hydrogen-bond donors (Lipinski definition) is 0. The first-order valence-corrected chi connectivity index (χ1v) is 25.3. The van der Waals surface area contributed by atoms with Gasteiger partial charge in [0.25, 0.3) is 0 Å². The van der Waals surface area contributed by atoms with Gasteiger partial charge in [-0.15, -0.1) is 0 Å². The molecule has 0 radical (unpaired) electrons. The minimum Gasteiger partial charge on any atom is -0.456 e. The van der Waals surface area contributed by atoms with Gasteiger partial charge in [-0.25, -0.2) is 4.98 Å². The van der Waals surface area contributed by atoms with Crippen LogP contribution in [0.25, 0.3) is 144 Å². The van der Waals surface area contributed by atoms with Crippen LogP contribution in [0.15, 0.2) is 265 Å². The highest BCUT2D eigenvalue weighted by Gasteiger charge is 2.23. The first-order chi connectivity index (χ1) is 37.2.